The van der Waals surface area contributed by atoms with E-state index in [-0.39, 0.29) is 0 Å². The lowest BCUT2D eigenvalue weighted by atomic mass is 9.78. The van der Waals surface area contributed by atoms with Gasteiger partial charge in [-0.2, -0.15) is 0 Å². The van der Waals surface area contributed by atoms with Crippen molar-refractivity contribution < 1.29 is 0 Å². The first-order valence-corrected chi connectivity index (χ1v) is 9.06. The van der Waals surface area contributed by atoms with Gasteiger partial charge in [0.1, 0.15) is 0 Å². The van der Waals surface area contributed by atoms with Gasteiger partial charge in [-0.05, 0) is 31.6 Å². The Bertz CT molecular complexity index is 427. The standard InChI is InChI=1S/C16H27N3S/c1-12(2)17-10-14-11-20-16(18-14)19-9-5-7-13-6-3-4-8-15(13)19/h11-13,15,17H,3-10H2,1-2H3/t13-,15-/m1/s1. The second-order valence-corrected chi connectivity index (χ2v) is 7.44. The third kappa shape index (κ3) is 3.17. The topological polar surface area (TPSA) is 28.2 Å². The SMILES string of the molecule is CC(C)NCc1csc(N2CCC[C@H]3CCCC[C@H]32)n1. The second-order valence-electron chi connectivity index (χ2n) is 6.60. The molecule has 0 radical (unpaired) electrons. The van der Waals surface area contributed by atoms with E-state index in [0.717, 1.165) is 18.5 Å². The van der Waals surface area contributed by atoms with Crippen molar-refractivity contribution in [2.75, 3.05) is 11.4 Å². The van der Waals surface area contributed by atoms with Gasteiger partial charge in [0.05, 0.1) is 5.69 Å². The Morgan fingerprint density at radius 3 is 2.95 bits per heavy atom. The number of hydrogen-bond acceptors (Lipinski definition) is 4. The Labute approximate surface area is 126 Å². The normalized spacial score (nSPS) is 26.9. The van der Waals surface area contributed by atoms with E-state index in [0.29, 0.717) is 6.04 Å². The van der Waals surface area contributed by atoms with Crippen LogP contribution in [-0.2, 0) is 6.54 Å². The van der Waals surface area contributed by atoms with E-state index in [4.69, 9.17) is 4.98 Å². The minimum absolute atomic E-state index is 0.526. The average molecular weight is 293 g/mol. The van der Waals surface area contributed by atoms with E-state index in [1.807, 2.05) is 11.3 Å². The second kappa shape index (κ2) is 6.44. The maximum Gasteiger partial charge on any atom is 0.185 e. The molecule has 20 heavy (non-hydrogen) atoms. The fourth-order valence-electron chi connectivity index (χ4n) is 3.68. The highest BCUT2D eigenvalue weighted by molar-refractivity contribution is 7.13. The van der Waals surface area contributed by atoms with E-state index in [2.05, 4.69) is 29.4 Å². The van der Waals surface area contributed by atoms with E-state index >= 15 is 0 Å². The Kier molecular flexibility index (Phi) is 4.61. The molecule has 0 aromatic carbocycles. The summed E-state index contributed by atoms with van der Waals surface area (Å²) < 4.78 is 0. The number of fused-ring (bicyclic) bond motifs is 1. The van der Waals surface area contributed by atoms with Crippen LogP contribution in [0.3, 0.4) is 0 Å². The molecule has 2 atom stereocenters. The first-order valence-electron chi connectivity index (χ1n) is 8.18. The molecular weight excluding hydrogens is 266 g/mol. The Morgan fingerprint density at radius 1 is 1.30 bits per heavy atom. The van der Waals surface area contributed by atoms with Crippen molar-refractivity contribution in [3.8, 4) is 0 Å². The van der Waals surface area contributed by atoms with Gasteiger partial charge in [-0.25, -0.2) is 4.98 Å². The predicted molar refractivity (Wildman–Crippen MR) is 86.4 cm³/mol. The minimum atomic E-state index is 0.526. The lowest BCUT2D eigenvalue weighted by Crippen LogP contribution is -2.46. The summed E-state index contributed by atoms with van der Waals surface area (Å²) in [4.78, 5) is 7.50. The Morgan fingerprint density at radius 2 is 2.10 bits per heavy atom. The smallest absolute Gasteiger partial charge is 0.185 e. The van der Waals surface area contributed by atoms with E-state index < -0.39 is 0 Å². The number of piperidine rings is 1. The number of anilines is 1. The van der Waals surface area contributed by atoms with Crippen molar-refractivity contribution in [3.63, 3.8) is 0 Å². The molecule has 1 N–H and O–H groups in total. The number of rotatable bonds is 4. The van der Waals surface area contributed by atoms with E-state index in [1.165, 1.54) is 55.9 Å². The molecule has 1 aromatic rings. The van der Waals surface area contributed by atoms with Crippen molar-refractivity contribution in [2.24, 2.45) is 5.92 Å². The van der Waals surface area contributed by atoms with Crippen LogP contribution in [0.2, 0.25) is 0 Å². The number of nitrogens with zero attached hydrogens (tertiary/aromatic N) is 2. The maximum atomic E-state index is 4.88. The van der Waals surface area contributed by atoms with E-state index in [9.17, 15) is 0 Å². The van der Waals surface area contributed by atoms with Crippen molar-refractivity contribution in [1.82, 2.24) is 10.3 Å². The molecule has 1 aromatic heterocycles. The Balaban J connectivity index is 1.68. The number of hydrogen-bond donors (Lipinski definition) is 1. The summed E-state index contributed by atoms with van der Waals surface area (Å²) in [5.74, 6) is 0.929. The zero-order chi connectivity index (χ0) is 13.9. The van der Waals surface area contributed by atoms with Crippen LogP contribution < -0.4 is 10.2 Å². The molecule has 0 amide bonds. The van der Waals surface area contributed by atoms with Crippen LogP contribution in [0.15, 0.2) is 5.38 Å². The number of aromatic nitrogens is 1. The lowest BCUT2D eigenvalue weighted by Gasteiger charge is -2.44. The molecule has 1 saturated carbocycles. The molecule has 2 fully saturated rings. The fraction of sp³-hybridized carbons (Fsp3) is 0.812. The van der Waals surface area contributed by atoms with Gasteiger partial charge in [0.25, 0.3) is 0 Å². The van der Waals surface area contributed by atoms with Crippen LogP contribution in [0.25, 0.3) is 0 Å². The van der Waals surface area contributed by atoms with Crippen LogP contribution in [0.5, 0.6) is 0 Å². The summed E-state index contributed by atoms with van der Waals surface area (Å²) in [6.07, 6.45) is 8.45. The highest BCUT2D eigenvalue weighted by Crippen LogP contribution is 2.38. The summed E-state index contributed by atoms with van der Waals surface area (Å²) in [7, 11) is 0. The van der Waals surface area contributed by atoms with Crippen molar-refractivity contribution in [1.29, 1.82) is 0 Å². The van der Waals surface area contributed by atoms with Gasteiger partial charge in [0, 0.05) is 30.6 Å². The molecule has 2 heterocycles. The molecule has 0 spiro atoms. The molecule has 1 aliphatic heterocycles. The summed E-state index contributed by atoms with van der Waals surface area (Å²) in [5.41, 5.74) is 1.21. The van der Waals surface area contributed by atoms with Gasteiger partial charge in [0.15, 0.2) is 5.13 Å². The van der Waals surface area contributed by atoms with E-state index in [1.54, 1.807) is 0 Å². The summed E-state index contributed by atoms with van der Waals surface area (Å²) in [6, 6.07) is 1.30. The van der Waals surface area contributed by atoms with Crippen LogP contribution in [0, 0.1) is 5.92 Å². The van der Waals surface area contributed by atoms with Crippen LogP contribution in [-0.4, -0.2) is 23.6 Å². The molecule has 0 unspecified atom stereocenters. The highest BCUT2D eigenvalue weighted by atomic mass is 32.1. The number of nitrogens with one attached hydrogen (secondary N) is 1. The third-order valence-electron chi connectivity index (χ3n) is 4.72. The largest absolute Gasteiger partial charge is 0.345 e. The molecule has 2 aliphatic rings. The summed E-state index contributed by atoms with van der Waals surface area (Å²) in [5, 5.41) is 6.96. The van der Waals surface area contributed by atoms with Gasteiger partial charge in [-0.3, -0.25) is 0 Å². The predicted octanol–water partition coefficient (Wildman–Crippen LogP) is 3.80. The maximum absolute atomic E-state index is 4.88. The third-order valence-corrected chi connectivity index (χ3v) is 5.65. The van der Waals surface area contributed by atoms with Crippen molar-refractivity contribution in [3.05, 3.63) is 11.1 Å². The van der Waals surface area contributed by atoms with Gasteiger partial charge in [-0.1, -0.05) is 26.7 Å². The minimum Gasteiger partial charge on any atom is -0.345 e. The summed E-state index contributed by atoms with van der Waals surface area (Å²) >= 11 is 1.84. The monoisotopic (exact) mass is 293 g/mol. The molecule has 112 valence electrons. The zero-order valence-corrected chi connectivity index (χ0v) is 13.6. The van der Waals surface area contributed by atoms with Gasteiger partial charge < -0.3 is 10.2 Å². The lowest BCUT2D eigenvalue weighted by molar-refractivity contribution is 0.243. The van der Waals surface area contributed by atoms with Crippen LogP contribution >= 0.6 is 11.3 Å². The molecular formula is C16H27N3S. The molecule has 4 heteroatoms. The van der Waals surface area contributed by atoms with Crippen molar-refractivity contribution >= 4 is 16.5 Å². The quantitative estimate of drug-likeness (QED) is 0.915. The zero-order valence-electron chi connectivity index (χ0n) is 12.8. The first kappa shape index (κ1) is 14.3. The average Bonchev–Trinajstić information content (AvgIpc) is 2.93. The molecule has 0 bridgehead atoms. The van der Waals surface area contributed by atoms with Crippen LogP contribution in [0.4, 0.5) is 5.13 Å². The molecule has 1 saturated heterocycles. The molecule has 3 rings (SSSR count). The molecule has 1 aliphatic carbocycles. The van der Waals surface area contributed by atoms with Crippen molar-refractivity contribution in [2.45, 2.75) is 71.0 Å². The van der Waals surface area contributed by atoms with Crippen LogP contribution in [0.1, 0.15) is 58.1 Å². The summed E-state index contributed by atoms with van der Waals surface area (Å²) in [6.45, 7) is 6.48. The number of thiazole rings is 1. The van der Waals surface area contributed by atoms with Gasteiger partial charge in [-0.15, -0.1) is 11.3 Å². The highest BCUT2D eigenvalue weighted by Gasteiger charge is 2.34. The molecule has 3 nitrogen and oxygen atoms in total. The Hall–Kier alpha value is -0.610. The van der Waals surface area contributed by atoms with Gasteiger partial charge in [0.2, 0.25) is 0 Å². The first-order chi connectivity index (χ1) is 9.74. The van der Waals surface area contributed by atoms with Gasteiger partial charge >= 0.3 is 0 Å². The fourth-order valence-corrected chi connectivity index (χ4v) is 4.59.